The van der Waals surface area contributed by atoms with E-state index in [1.54, 1.807) is 6.26 Å². The van der Waals surface area contributed by atoms with E-state index < -0.39 is 0 Å². The monoisotopic (exact) mass is 286 g/mol. The summed E-state index contributed by atoms with van der Waals surface area (Å²) in [6.45, 7) is 6.92. The minimum absolute atomic E-state index is 0.0927. The Kier molecular flexibility index (Phi) is 5.58. The number of carbonyl (C=O) groups excluding carboxylic acids is 1. The fourth-order valence-electron chi connectivity index (χ4n) is 2.20. The van der Waals surface area contributed by atoms with Crippen molar-refractivity contribution in [3.63, 3.8) is 0 Å². The zero-order chi connectivity index (χ0) is 15.1. The van der Waals surface area contributed by atoms with E-state index in [0.29, 0.717) is 6.54 Å². The first-order valence-electron chi connectivity index (χ1n) is 7.36. The number of hydrogen-bond donors (Lipinski definition) is 1. The van der Waals surface area contributed by atoms with Crippen molar-refractivity contribution in [2.24, 2.45) is 0 Å². The normalized spacial score (nSPS) is 10.6. The lowest BCUT2D eigenvalue weighted by Gasteiger charge is -2.18. The van der Waals surface area contributed by atoms with Crippen molar-refractivity contribution >= 4 is 5.91 Å². The van der Waals surface area contributed by atoms with Gasteiger partial charge in [0.15, 0.2) is 0 Å². The highest BCUT2D eigenvalue weighted by Crippen LogP contribution is 2.08. The van der Waals surface area contributed by atoms with Crippen molar-refractivity contribution in [3.05, 3.63) is 59.5 Å². The Morgan fingerprint density at radius 3 is 2.38 bits per heavy atom. The number of carbonyl (C=O) groups is 1. The van der Waals surface area contributed by atoms with E-state index in [4.69, 9.17) is 4.42 Å². The van der Waals surface area contributed by atoms with Crippen LogP contribution in [-0.4, -0.2) is 23.9 Å². The topological polar surface area (TPSA) is 45.5 Å². The molecule has 2 rings (SSSR count). The molecule has 0 saturated heterocycles. The fraction of sp³-hybridized carbons (Fsp3) is 0.353. The third-order valence-corrected chi connectivity index (χ3v) is 3.46. The van der Waals surface area contributed by atoms with E-state index in [0.717, 1.165) is 36.5 Å². The lowest BCUT2D eigenvalue weighted by molar-refractivity contribution is 0.0773. The molecule has 112 valence electrons. The Hall–Kier alpha value is -2.07. The van der Waals surface area contributed by atoms with Crippen LogP contribution in [0.25, 0.3) is 0 Å². The Labute approximate surface area is 125 Å². The summed E-state index contributed by atoms with van der Waals surface area (Å²) in [4.78, 5) is 14.0. The van der Waals surface area contributed by atoms with E-state index in [2.05, 4.69) is 5.32 Å². The number of nitrogens with one attached hydrogen (secondary N) is 1. The molecule has 0 fully saturated rings. The highest BCUT2D eigenvalue weighted by Gasteiger charge is 2.11. The average Bonchev–Trinajstić information content (AvgIpc) is 3.02. The standard InChI is InChI=1S/C17H22N2O2/c1-3-19(4-2)17(20)15-9-7-14(8-10-15)12-18-13-16-6-5-11-21-16/h5-11,18H,3-4,12-13H2,1-2H3. The molecular formula is C17H22N2O2. The lowest BCUT2D eigenvalue weighted by atomic mass is 10.1. The second-order valence-electron chi connectivity index (χ2n) is 4.86. The van der Waals surface area contributed by atoms with Gasteiger partial charge in [-0.25, -0.2) is 0 Å². The molecule has 1 aromatic carbocycles. The molecule has 1 aromatic heterocycles. The van der Waals surface area contributed by atoms with Gasteiger partial charge >= 0.3 is 0 Å². The molecule has 4 heteroatoms. The van der Waals surface area contributed by atoms with Gasteiger partial charge in [-0.2, -0.15) is 0 Å². The van der Waals surface area contributed by atoms with Gasteiger partial charge in [0.05, 0.1) is 12.8 Å². The molecule has 21 heavy (non-hydrogen) atoms. The minimum Gasteiger partial charge on any atom is -0.468 e. The first-order valence-corrected chi connectivity index (χ1v) is 7.36. The Balaban J connectivity index is 1.88. The Morgan fingerprint density at radius 2 is 1.81 bits per heavy atom. The van der Waals surface area contributed by atoms with E-state index in [1.165, 1.54) is 0 Å². The molecule has 1 heterocycles. The smallest absolute Gasteiger partial charge is 0.253 e. The van der Waals surface area contributed by atoms with Crippen LogP contribution in [-0.2, 0) is 13.1 Å². The number of benzene rings is 1. The molecule has 0 spiro atoms. The second kappa shape index (κ2) is 7.64. The van der Waals surface area contributed by atoms with Gasteiger partial charge in [0, 0.05) is 25.2 Å². The zero-order valence-corrected chi connectivity index (χ0v) is 12.6. The Morgan fingerprint density at radius 1 is 1.10 bits per heavy atom. The molecule has 0 bridgehead atoms. The number of amides is 1. The van der Waals surface area contributed by atoms with Gasteiger partial charge in [0.1, 0.15) is 5.76 Å². The summed E-state index contributed by atoms with van der Waals surface area (Å²) in [5, 5.41) is 3.31. The molecule has 0 aliphatic heterocycles. The maximum absolute atomic E-state index is 12.2. The van der Waals surface area contributed by atoms with Crippen molar-refractivity contribution < 1.29 is 9.21 Å². The summed E-state index contributed by atoms with van der Waals surface area (Å²) in [7, 11) is 0. The number of hydrogen-bond acceptors (Lipinski definition) is 3. The van der Waals surface area contributed by atoms with Crippen LogP contribution < -0.4 is 5.32 Å². The third kappa shape index (κ3) is 4.20. The van der Waals surface area contributed by atoms with Crippen LogP contribution in [0.2, 0.25) is 0 Å². The van der Waals surface area contributed by atoms with Crippen LogP contribution in [0.15, 0.2) is 47.1 Å². The first kappa shape index (κ1) is 15.3. The highest BCUT2D eigenvalue weighted by molar-refractivity contribution is 5.94. The van der Waals surface area contributed by atoms with Gasteiger partial charge in [-0.3, -0.25) is 4.79 Å². The molecule has 1 N–H and O–H groups in total. The van der Waals surface area contributed by atoms with E-state index >= 15 is 0 Å². The molecule has 0 atom stereocenters. The van der Waals surface area contributed by atoms with Crippen molar-refractivity contribution in [2.75, 3.05) is 13.1 Å². The molecule has 0 radical (unpaired) electrons. The van der Waals surface area contributed by atoms with Crippen LogP contribution in [0.5, 0.6) is 0 Å². The van der Waals surface area contributed by atoms with Crippen LogP contribution in [0.1, 0.15) is 35.5 Å². The minimum atomic E-state index is 0.0927. The van der Waals surface area contributed by atoms with E-state index in [1.807, 2.05) is 55.1 Å². The van der Waals surface area contributed by atoms with Crippen LogP contribution in [0.4, 0.5) is 0 Å². The molecular weight excluding hydrogens is 264 g/mol. The number of rotatable bonds is 7. The zero-order valence-electron chi connectivity index (χ0n) is 12.6. The van der Waals surface area contributed by atoms with Gasteiger partial charge in [0.2, 0.25) is 0 Å². The molecule has 0 aliphatic carbocycles. The van der Waals surface area contributed by atoms with Crippen molar-refractivity contribution in [3.8, 4) is 0 Å². The summed E-state index contributed by atoms with van der Waals surface area (Å²) < 4.78 is 5.26. The van der Waals surface area contributed by atoms with E-state index in [9.17, 15) is 4.79 Å². The first-order chi connectivity index (χ1) is 10.2. The molecule has 1 amide bonds. The van der Waals surface area contributed by atoms with Gasteiger partial charge in [-0.15, -0.1) is 0 Å². The van der Waals surface area contributed by atoms with Gasteiger partial charge < -0.3 is 14.6 Å². The predicted molar refractivity (Wildman–Crippen MR) is 82.9 cm³/mol. The molecule has 0 saturated carbocycles. The van der Waals surface area contributed by atoms with Crippen molar-refractivity contribution in [1.29, 1.82) is 0 Å². The van der Waals surface area contributed by atoms with Gasteiger partial charge in [0.25, 0.3) is 5.91 Å². The average molecular weight is 286 g/mol. The summed E-state index contributed by atoms with van der Waals surface area (Å²) in [6.07, 6.45) is 1.67. The highest BCUT2D eigenvalue weighted by atomic mass is 16.3. The largest absolute Gasteiger partial charge is 0.468 e. The maximum Gasteiger partial charge on any atom is 0.253 e. The van der Waals surface area contributed by atoms with Crippen molar-refractivity contribution in [1.82, 2.24) is 10.2 Å². The lowest BCUT2D eigenvalue weighted by Crippen LogP contribution is -2.30. The third-order valence-electron chi connectivity index (χ3n) is 3.46. The SMILES string of the molecule is CCN(CC)C(=O)c1ccc(CNCc2ccco2)cc1. The van der Waals surface area contributed by atoms with Gasteiger partial charge in [-0.05, 0) is 43.7 Å². The molecule has 0 aliphatic rings. The quantitative estimate of drug-likeness (QED) is 0.851. The number of furan rings is 1. The van der Waals surface area contributed by atoms with Gasteiger partial charge in [-0.1, -0.05) is 12.1 Å². The predicted octanol–water partition coefficient (Wildman–Crippen LogP) is 3.05. The van der Waals surface area contributed by atoms with Crippen molar-refractivity contribution in [2.45, 2.75) is 26.9 Å². The molecule has 4 nitrogen and oxygen atoms in total. The summed E-state index contributed by atoms with van der Waals surface area (Å²) in [5.74, 6) is 1.01. The Bertz CT molecular complexity index is 543. The van der Waals surface area contributed by atoms with Crippen LogP contribution in [0.3, 0.4) is 0 Å². The van der Waals surface area contributed by atoms with Crippen LogP contribution in [0, 0.1) is 0 Å². The number of nitrogens with zero attached hydrogens (tertiary/aromatic N) is 1. The van der Waals surface area contributed by atoms with E-state index in [-0.39, 0.29) is 5.91 Å². The molecule has 0 unspecified atom stereocenters. The summed E-state index contributed by atoms with van der Waals surface area (Å²) >= 11 is 0. The summed E-state index contributed by atoms with van der Waals surface area (Å²) in [5.41, 5.74) is 1.89. The van der Waals surface area contributed by atoms with Crippen LogP contribution >= 0.6 is 0 Å². The fourth-order valence-corrected chi connectivity index (χ4v) is 2.20. The summed E-state index contributed by atoms with van der Waals surface area (Å²) in [6, 6.07) is 11.6. The molecule has 2 aromatic rings. The second-order valence-corrected chi connectivity index (χ2v) is 4.86. The maximum atomic E-state index is 12.2.